The SMILES string of the molecule is CCOc1c(Br)cc(Cl)cc1NC(=O)C1CC1C(=O)O. The van der Waals surface area contributed by atoms with Gasteiger partial charge in [0.05, 0.1) is 28.6 Å². The van der Waals surface area contributed by atoms with Crippen molar-refractivity contribution < 1.29 is 19.4 Å². The van der Waals surface area contributed by atoms with Crippen molar-refractivity contribution in [1.82, 2.24) is 0 Å². The molecule has 0 bridgehead atoms. The number of carboxylic acids is 1. The highest BCUT2D eigenvalue weighted by molar-refractivity contribution is 9.10. The third kappa shape index (κ3) is 3.24. The number of rotatable bonds is 5. The van der Waals surface area contributed by atoms with Crippen molar-refractivity contribution in [2.75, 3.05) is 11.9 Å². The number of nitrogens with one attached hydrogen (secondary N) is 1. The topological polar surface area (TPSA) is 75.6 Å². The number of benzene rings is 1. The van der Waals surface area contributed by atoms with Gasteiger partial charge < -0.3 is 15.2 Å². The van der Waals surface area contributed by atoms with Gasteiger partial charge in [0.25, 0.3) is 0 Å². The van der Waals surface area contributed by atoms with E-state index in [9.17, 15) is 9.59 Å². The summed E-state index contributed by atoms with van der Waals surface area (Å²) in [5.41, 5.74) is 0.437. The minimum atomic E-state index is -0.942. The number of carbonyl (C=O) groups excluding carboxylic acids is 1. The third-order valence-electron chi connectivity index (χ3n) is 3.00. The quantitative estimate of drug-likeness (QED) is 0.843. The molecule has 20 heavy (non-hydrogen) atoms. The minimum Gasteiger partial charge on any atom is -0.491 e. The Morgan fingerprint density at radius 2 is 2.20 bits per heavy atom. The van der Waals surface area contributed by atoms with Gasteiger partial charge in [0, 0.05) is 5.02 Å². The molecule has 2 N–H and O–H groups in total. The summed E-state index contributed by atoms with van der Waals surface area (Å²) >= 11 is 9.27. The van der Waals surface area contributed by atoms with Crippen molar-refractivity contribution in [3.63, 3.8) is 0 Å². The Morgan fingerprint density at radius 1 is 1.50 bits per heavy atom. The maximum absolute atomic E-state index is 12.0. The van der Waals surface area contributed by atoms with Gasteiger partial charge in [-0.3, -0.25) is 9.59 Å². The first kappa shape index (κ1) is 15.1. The zero-order chi connectivity index (χ0) is 14.9. The van der Waals surface area contributed by atoms with Crippen LogP contribution < -0.4 is 10.1 Å². The standard InChI is InChI=1S/C13H13BrClNO4/c1-2-20-11-9(14)3-6(15)4-10(11)16-12(17)7-5-8(7)13(18)19/h3-4,7-8H,2,5H2,1H3,(H,16,17)(H,18,19). The lowest BCUT2D eigenvalue weighted by Gasteiger charge is -2.13. The molecule has 7 heteroatoms. The fourth-order valence-corrected chi connectivity index (χ4v) is 2.85. The number of hydrogen-bond acceptors (Lipinski definition) is 3. The Bertz CT molecular complexity index is 564. The van der Waals surface area contributed by atoms with Crippen LogP contribution in [0.15, 0.2) is 16.6 Å². The van der Waals surface area contributed by atoms with Crippen LogP contribution in [0.2, 0.25) is 5.02 Å². The fourth-order valence-electron chi connectivity index (χ4n) is 1.93. The summed E-state index contributed by atoms with van der Waals surface area (Å²) in [6.45, 7) is 2.26. The number of carboxylic acid groups (broad SMARTS) is 1. The summed E-state index contributed by atoms with van der Waals surface area (Å²) in [6, 6.07) is 3.24. The van der Waals surface area contributed by atoms with Crippen LogP contribution in [0.5, 0.6) is 5.75 Å². The molecule has 1 aliphatic rings. The second-order valence-corrected chi connectivity index (χ2v) is 5.76. The minimum absolute atomic E-state index is 0.326. The van der Waals surface area contributed by atoms with Gasteiger partial charge in [-0.15, -0.1) is 0 Å². The Labute approximate surface area is 129 Å². The second-order valence-electron chi connectivity index (χ2n) is 4.47. The first-order chi connectivity index (χ1) is 9.43. The Morgan fingerprint density at radius 3 is 2.75 bits per heavy atom. The number of halogens is 2. The van der Waals surface area contributed by atoms with Crippen molar-refractivity contribution in [3.8, 4) is 5.75 Å². The lowest BCUT2D eigenvalue weighted by molar-refractivity contribution is -0.139. The molecule has 1 aromatic rings. The molecular weight excluding hydrogens is 350 g/mol. The van der Waals surface area contributed by atoms with E-state index >= 15 is 0 Å². The van der Waals surface area contributed by atoms with Crippen molar-refractivity contribution in [2.45, 2.75) is 13.3 Å². The lowest BCUT2D eigenvalue weighted by Crippen LogP contribution is -2.17. The monoisotopic (exact) mass is 361 g/mol. The van der Waals surface area contributed by atoms with E-state index in [1.165, 1.54) is 0 Å². The van der Waals surface area contributed by atoms with E-state index in [0.717, 1.165) is 0 Å². The summed E-state index contributed by atoms with van der Waals surface area (Å²) in [6.07, 6.45) is 0.368. The molecule has 5 nitrogen and oxygen atoms in total. The number of anilines is 1. The molecule has 1 aromatic carbocycles. The van der Waals surface area contributed by atoms with Crippen molar-refractivity contribution in [3.05, 3.63) is 21.6 Å². The molecule has 1 amide bonds. The van der Waals surface area contributed by atoms with E-state index in [1.807, 2.05) is 6.92 Å². The summed E-state index contributed by atoms with van der Waals surface area (Å²) < 4.78 is 6.09. The molecule has 1 fully saturated rings. The summed E-state index contributed by atoms with van der Waals surface area (Å²) in [5.74, 6) is -1.86. The molecule has 0 heterocycles. The second kappa shape index (κ2) is 6.01. The molecule has 0 saturated heterocycles. The predicted octanol–water partition coefficient (Wildman–Crippen LogP) is 3.16. The lowest BCUT2D eigenvalue weighted by atomic mass is 10.2. The zero-order valence-corrected chi connectivity index (χ0v) is 13.0. The van der Waals surface area contributed by atoms with E-state index in [-0.39, 0.29) is 5.91 Å². The van der Waals surface area contributed by atoms with E-state index in [2.05, 4.69) is 21.2 Å². The van der Waals surface area contributed by atoms with Crippen LogP contribution in [0.1, 0.15) is 13.3 Å². The van der Waals surface area contributed by atoms with Crippen LogP contribution in [0.3, 0.4) is 0 Å². The van der Waals surface area contributed by atoms with E-state index in [4.69, 9.17) is 21.4 Å². The maximum atomic E-state index is 12.0. The average Bonchev–Trinajstić information content (AvgIpc) is 3.13. The number of hydrogen-bond donors (Lipinski definition) is 2. The van der Waals surface area contributed by atoms with Crippen molar-refractivity contribution >= 4 is 45.1 Å². The molecule has 2 unspecified atom stereocenters. The van der Waals surface area contributed by atoms with Gasteiger partial charge in [0.2, 0.25) is 5.91 Å². The van der Waals surface area contributed by atoms with Crippen LogP contribution in [-0.2, 0) is 9.59 Å². The molecule has 0 radical (unpaired) electrons. The first-order valence-electron chi connectivity index (χ1n) is 6.09. The first-order valence-corrected chi connectivity index (χ1v) is 7.26. The predicted molar refractivity (Wildman–Crippen MR) is 78.2 cm³/mol. The molecular formula is C13H13BrClNO4. The van der Waals surface area contributed by atoms with E-state index in [0.29, 0.717) is 34.0 Å². The molecule has 108 valence electrons. The summed E-state index contributed by atoms with van der Waals surface area (Å²) in [7, 11) is 0. The van der Waals surface area contributed by atoms with Crippen molar-refractivity contribution in [1.29, 1.82) is 0 Å². The normalized spacial score (nSPS) is 20.4. The molecule has 1 saturated carbocycles. The van der Waals surface area contributed by atoms with Gasteiger partial charge in [0.15, 0.2) is 5.75 Å². The highest BCUT2D eigenvalue weighted by Crippen LogP contribution is 2.41. The molecule has 1 aliphatic carbocycles. The van der Waals surface area contributed by atoms with Crippen LogP contribution in [-0.4, -0.2) is 23.6 Å². The van der Waals surface area contributed by atoms with Gasteiger partial charge in [-0.25, -0.2) is 0 Å². The van der Waals surface area contributed by atoms with Gasteiger partial charge >= 0.3 is 5.97 Å². The number of aliphatic carboxylic acids is 1. The van der Waals surface area contributed by atoms with E-state index < -0.39 is 17.8 Å². The molecule has 0 aromatic heterocycles. The smallest absolute Gasteiger partial charge is 0.307 e. The van der Waals surface area contributed by atoms with Crippen LogP contribution in [0.25, 0.3) is 0 Å². The summed E-state index contributed by atoms with van der Waals surface area (Å²) in [5, 5.41) is 12.0. The van der Waals surface area contributed by atoms with Crippen LogP contribution in [0.4, 0.5) is 5.69 Å². The van der Waals surface area contributed by atoms with Crippen LogP contribution in [0, 0.1) is 11.8 Å². The highest BCUT2D eigenvalue weighted by atomic mass is 79.9. The maximum Gasteiger partial charge on any atom is 0.307 e. The molecule has 0 spiro atoms. The third-order valence-corrected chi connectivity index (χ3v) is 3.81. The number of ether oxygens (including phenoxy) is 1. The number of carbonyl (C=O) groups is 2. The average molecular weight is 363 g/mol. The molecule has 0 aliphatic heterocycles. The van der Waals surface area contributed by atoms with Crippen LogP contribution >= 0.6 is 27.5 Å². The van der Waals surface area contributed by atoms with Gasteiger partial charge in [-0.2, -0.15) is 0 Å². The van der Waals surface area contributed by atoms with Gasteiger partial charge in [-0.1, -0.05) is 11.6 Å². The van der Waals surface area contributed by atoms with Gasteiger partial charge in [-0.05, 0) is 41.4 Å². The van der Waals surface area contributed by atoms with Crippen molar-refractivity contribution in [2.24, 2.45) is 11.8 Å². The summed E-state index contributed by atoms with van der Waals surface area (Å²) in [4.78, 5) is 22.8. The Kier molecular flexibility index (Phi) is 4.55. The fraction of sp³-hybridized carbons (Fsp3) is 0.385. The highest BCUT2D eigenvalue weighted by Gasteiger charge is 2.48. The van der Waals surface area contributed by atoms with E-state index in [1.54, 1.807) is 12.1 Å². The Balaban J connectivity index is 2.16. The molecule has 2 rings (SSSR count). The van der Waals surface area contributed by atoms with Gasteiger partial charge in [0.1, 0.15) is 0 Å². The molecule has 2 atom stereocenters. The Hall–Kier alpha value is -1.27. The zero-order valence-electron chi connectivity index (χ0n) is 10.7. The number of amides is 1. The largest absolute Gasteiger partial charge is 0.491 e.